The van der Waals surface area contributed by atoms with Crippen molar-refractivity contribution in [1.82, 2.24) is 0 Å². The van der Waals surface area contributed by atoms with Crippen LogP contribution < -0.4 is 19.9 Å². The minimum atomic E-state index is -0.589. The minimum absolute atomic E-state index is 0.0538. The van der Waals surface area contributed by atoms with E-state index in [0.717, 1.165) is 5.56 Å². The van der Waals surface area contributed by atoms with Crippen molar-refractivity contribution in [2.24, 2.45) is 0 Å². The average molecular weight is 312 g/mol. The summed E-state index contributed by atoms with van der Waals surface area (Å²) in [6.07, 6.45) is 1.30. The molecule has 0 bridgehead atoms. The SMILES string of the molecule is COc1cc2c3c(c(OC)c(O)c2cc1C)=C(C)C(=O)C(=O)C=3. The van der Waals surface area contributed by atoms with Crippen molar-refractivity contribution in [3.8, 4) is 17.2 Å². The lowest BCUT2D eigenvalue weighted by Crippen LogP contribution is -2.38. The maximum absolute atomic E-state index is 12.0. The van der Waals surface area contributed by atoms with Gasteiger partial charge < -0.3 is 14.6 Å². The van der Waals surface area contributed by atoms with E-state index in [1.54, 1.807) is 26.2 Å². The van der Waals surface area contributed by atoms with Crippen molar-refractivity contribution in [1.29, 1.82) is 0 Å². The second-order valence-electron chi connectivity index (χ2n) is 5.50. The first-order chi connectivity index (χ1) is 10.9. The lowest BCUT2D eigenvalue weighted by Gasteiger charge is -2.15. The Kier molecular flexibility index (Phi) is 3.36. The number of hydrogen-bond donors (Lipinski definition) is 1. The van der Waals surface area contributed by atoms with Crippen LogP contribution in [0, 0.1) is 6.92 Å². The lowest BCUT2D eigenvalue weighted by molar-refractivity contribution is -0.129. The van der Waals surface area contributed by atoms with Gasteiger partial charge in [-0.05, 0) is 48.2 Å². The highest BCUT2D eigenvalue weighted by Crippen LogP contribution is 2.34. The Morgan fingerprint density at radius 1 is 1.00 bits per heavy atom. The highest BCUT2D eigenvalue weighted by molar-refractivity contribution is 6.60. The van der Waals surface area contributed by atoms with E-state index in [2.05, 4.69) is 0 Å². The van der Waals surface area contributed by atoms with Crippen LogP contribution in [0.3, 0.4) is 0 Å². The minimum Gasteiger partial charge on any atom is -0.504 e. The largest absolute Gasteiger partial charge is 0.504 e. The molecule has 0 fully saturated rings. The topological polar surface area (TPSA) is 72.8 Å². The third-order valence-electron chi connectivity index (χ3n) is 4.21. The van der Waals surface area contributed by atoms with Crippen molar-refractivity contribution in [2.45, 2.75) is 13.8 Å². The summed E-state index contributed by atoms with van der Waals surface area (Å²) in [6.45, 7) is 3.42. The molecule has 0 atom stereocenters. The molecule has 0 unspecified atom stereocenters. The van der Waals surface area contributed by atoms with E-state index in [9.17, 15) is 14.7 Å². The van der Waals surface area contributed by atoms with Crippen LogP contribution in [0.25, 0.3) is 22.4 Å². The number of carbonyl (C=O) groups is 2. The molecule has 0 saturated heterocycles. The Morgan fingerprint density at radius 3 is 2.30 bits per heavy atom. The monoisotopic (exact) mass is 312 g/mol. The van der Waals surface area contributed by atoms with Crippen LogP contribution in [-0.2, 0) is 9.59 Å². The highest BCUT2D eigenvalue weighted by atomic mass is 16.5. The predicted molar refractivity (Wildman–Crippen MR) is 86.3 cm³/mol. The van der Waals surface area contributed by atoms with E-state index in [-0.39, 0.29) is 17.1 Å². The number of carbonyl (C=O) groups excluding carboxylic acids is 2. The fourth-order valence-electron chi connectivity index (χ4n) is 3.04. The highest BCUT2D eigenvalue weighted by Gasteiger charge is 2.24. The van der Waals surface area contributed by atoms with Crippen LogP contribution in [0.4, 0.5) is 0 Å². The van der Waals surface area contributed by atoms with Crippen LogP contribution in [0.2, 0.25) is 0 Å². The number of phenolic OH excluding ortho intramolecular Hbond substituents is 1. The number of ether oxygens (including phenoxy) is 2. The smallest absolute Gasteiger partial charge is 0.229 e. The molecule has 5 heteroatoms. The zero-order valence-electron chi connectivity index (χ0n) is 13.3. The fourth-order valence-corrected chi connectivity index (χ4v) is 3.04. The number of phenols is 1. The maximum Gasteiger partial charge on any atom is 0.229 e. The quantitative estimate of drug-likeness (QED) is 0.837. The number of hydrogen-bond acceptors (Lipinski definition) is 5. The third-order valence-corrected chi connectivity index (χ3v) is 4.21. The molecule has 0 radical (unpaired) electrons. The maximum atomic E-state index is 12.0. The molecule has 0 heterocycles. The van der Waals surface area contributed by atoms with Gasteiger partial charge in [0.1, 0.15) is 5.75 Å². The Morgan fingerprint density at radius 2 is 1.70 bits per heavy atom. The second kappa shape index (κ2) is 5.12. The fraction of sp³-hybridized carbons (Fsp3) is 0.222. The van der Waals surface area contributed by atoms with Crippen LogP contribution in [-0.4, -0.2) is 30.9 Å². The van der Waals surface area contributed by atoms with Gasteiger partial charge in [0.2, 0.25) is 11.6 Å². The van der Waals surface area contributed by atoms with E-state index in [1.165, 1.54) is 13.2 Å². The Labute approximate surface area is 132 Å². The number of rotatable bonds is 2. The summed E-state index contributed by atoms with van der Waals surface area (Å²) in [5.41, 5.74) is 1.11. The summed E-state index contributed by atoms with van der Waals surface area (Å²) >= 11 is 0. The number of Topliss-reactive ketones (excluding diaryl/α,β-unsaturated/α-hetero) is 2. The first-order valence-corrected chi connectivity index (χ1v) is 7.09. The van der Waals surface area contributed by atoms with Crippen LogP contribution in [0.1, 0.15) is 12.5 Å². The number of aryl methyl sites for hydroxylation is 1. The van der Waals surface area contributed by atoms with Gasteiger partial charge in [0.15, 0.2) is 11.5 Å². The number of aromatic hydroxyl groups is 1. The molecule has 0 spiro atoms. The van der Waals surface area contributed by atoms with Crippen molar-refractivity contribution in [3.05, 3.63) is 28.1 Å². The standard InChI is InChI=1S/C18H16O5/c1-8-5-12-10(7-14(8)22-3)11-6-13(19)16(20)9(2)15(11)18(23-4)17(12)21/h5-7,21H,1-4H3. The van der Waals surface area contributed by atoms with Gasteiger partial charge in [-0.15, -0.1) is 0 Å². The molecular formula is C18H16O5. The van der Waals surface area contributed by atoms with Crippen molar-refractivity contribution in [3.63, 3.8) is 0 Å². The summed E-state index contributed by atoms with van der Waals surface area (Å²) < 4.78 is 10.6. The lowest BCUT2D eigenvalue weighted by atomic mass is 9.93. The Bertz CT molecular complexity index is 999. The summed E-state index contributed by atoms with van der Waals surface area (Å²) in [4.78, 5) is 24.0. The van der Waals surface area contributed by atoms with E-state index in [4.69, 9.17) is 9.47 Å². The second-order valence-corrected chi connectivity index (χ2v) is 5.50. The molecule has 0 aromatic heterocycles. The van der Waals surface area contributed by atoms with Gasteiger partial charge in [-0.25, -0.2) is 0 Å². The van der Waals surface area contributed by atoms with E-state index < -0.39 is 11.6 Å². The number of ketones is 2. The zero-order chi connectivity index (χ0) is 16.9. The van der Waals surface area contributed by atoms with Crippen LogP contribution >= 0.6 is 0 Å². The average Bonchev–Trinajstić information content (AvgIpc) is 2.54. The Hall–Kier alpha value is -2.82. The summed E-state index contributed by atoms with van der Waals surface area (Å²) in [5.74, 6) is -0.384. The van der Waals surface area contributed by atoms with Crippen molar-refractivity contribution >= 4 is 34.0 Å². The van der Waals surface area contributed by atoms with Gasteiger partial charge in [0.25, 0.3) is 0 Å². The van der Waals surface area contributed by atoms with E-state index in [1.807, 2.05) is 6.92 Å². The molecule has 3 rings (SSSR count). The van der Waals surface area contributed by atoms with E-state index in [0.29, 0.717) is 27.0 Å². The van der Waals surface area contributed by atoms with E-state index >= 15 is 0 Å². The van der Waals surface area contributed by atoms with Gasteiger partial charge >= 0.3 is 0 Å². The molecular weight excluding hydrogens is 296 g/mol. The van der Waals surface area contributed by atoms with Gasteiger partial charge in [-0.1, -0.05) is 0 Å². The van der Waals surface area contributed by atoms with Gasteiger partial charge in [0.05, 0.1) is 14.2 Å². The van der Waals surface area contributed by atoms with Crippen molar-refractivity contribution < 1.29 is 24.2 Å². The van der Waals surface area contributed by atoms with Crippen molar-refractivity contribution in [2.75, 3.05) is 14.2 Å². The van der Waals surface area contributed by atoms with Gasteiger partial charge in [-0.2, -0.15) is 0 Å². The first kappa shape index (κ1) is 15.1. The van der Waals surface area contributed by atoms with Gasteiger partial charge in [0, 0.05) is 16.2 Å². The summed E-state index contributed by atoms with van der Waals surface area (Å²) in [6, 6.07) is 3.53. The number of benzene rings is 2. The molecule has 2 aromatic carbocycles. The summed E-state index contributed by atoms with van der Waals surface area (Å²) in [5, 5.41) is 12.8. The Balaban J connectivity index is 2.69. The molecule has 0 saturated carbocycles. The molecule has 0 aliphatic heterocycles. The molecule has 1 aliphatic rings. The number of methoxy groups -OCH3 is 2. The normalized spacial score (nSPS) is 13.8. The van der Waals surface area contributed by atoms with Crippen LogP contribution in [0.15, 0.2) is 12.1 Å². The molecule has 118 valence electrons. The number of fused-ring (bicyclic) bond motifs is 3. The molecule has 1 N–H and O–H groups in total. The van der Waals surface area contributed by atoms with Gasteiger partial charge in [-0.3, -0.25) is 9.59 Å². The molecule has 0 amide bonds. The van der Waals surface area contributed by atoms with Crippen LogP contribution in [0.5, 0.6) is 17.2 Å². The molecule has 2 aromatic rings. The predicted octanol–water partition coefficient (Wildman–Crippen LogP) is 0.974. The molecule has 5 nitrogen and oxygen atoms in total. The first-order valence-electron chi connectivity index (χ1n) is 7.09. The molecule has 1 aliphatic carbocycles. The third kappa shape index (κ3) is 2.00. The zero-order valence-corrected chi connectivity index (χ0v) is 13.3. The molecule has 23 heavy (non-hydrogen) atoms. The summed E-state index contributed by atoms with van der Waals surface area (Å²) in [7, 11) is 2.98.